The van der Waals surface area contributed by atoms with Gasteiger partial charge in [-0.15, -0.1) is 0 Å². The Morgan fingerprint density at radius 3 is 2.55 bits per heavy atom. The molecular weight excluding hydrogens is 251 g/mol. The number of hydrogen-bond acceptors (Lipinski definition) is 3. The molecule has 0 bridgehead atoms. The first-order valence-electron chi connectivity index (χ1n) is 6.88. The molecule has 0 radical (unpaired) electrons. The van der Waals surface area contributed by atoms with E-state index in [-0.39, 0.29) is 6.10 Å². The Morgan fingerprint density at radius 2 is 1.80 bits per heavy atom. The van der Waals surface area contributed by atoms with E-state index in [4.69, 9.17) is 14.8 Å². The van der Waals surface area contributed by atoms with Gasteiger partial charge in [0.05, 0.1) is 12.7 Å². The highest BCUT2D eigenvalue weighted by molar-refractivity contribution is 6.58. The third-order valence-corrected chi connectivity index (χ3v) is 3.81. The predicted octanol–water partition coefficient (Wildman–Crippen LogP) is 1.57. The van der Waals surface area contributed by atoms with Crippen molar-refractivity contribution in [2.45, 2.75) is 25.6 Å². The normalized spacial score (nSPS) is 17.0. The van der Waals surface area contributed by atoms with Gasteiger partial charge in [-0.05, 0) is 35.0 Å². The van der Waals surface area contributed by atoms with Gasteiger partial charge in [-0.3, -0.25) is 0 Å². The lowest BCUT2D eigenvalue weighted by Gasteiger charge is -2.13. The Balaban J connectivity index is 1.63. The Morgan fingerprint density at radius 1 is 1.05 bits per heavy atom. The smallest absolute Gasteiger partial charge is 0.423 e. The summed E-state index contributed by atoms with van der Waals surface area (Å²) >= 11 is 0. The third-order valence-electron chi connectivity index (χ3n) is 3.81. The van der Waals surface area contributed by atoms with Crippen molar-refractivity contribution in [1.29, 1.82) is 0 Å². The molecule has 0 amide bonds. The minimum atomic E-state index is -1.41. The van der Waals surface area contributed by atoms with E-state index in [1.54, 1.807) is 12.1 Å². The predicted molar refractivity (Wildman–Crippen MR) is 78.6 cm³/mol. The first-order chi connectivity index (χ1) is 9.74. The van der Waals surface area contributed by atoms with Gasteiger partial charge < -0.3 is 14.8 Å². The van der Waals surface area contributed by atoms with Crippen LogP contribution in [0.5, 0.6) is 0 Å². The quantitative estimate of drug-likeness (QED) is 0.827. The minimum absolute atomic E-state index is 0.175. The van der Waals surface area contributed by atoms with Gasteiger partial charge in [-0.2, -0.15) is 0 Å². The number of aryl methyl sites for hydroxylation is 1. The standard InChI is InChI=1S/C16H17BO3/c18-17(19)14-8-5-12(6-9-14)11-20-16-10-7-13-3-1-2-4-15(13)16/h1-6,8-9,16,18-19H,7,10-11H2. The summed E-state index contributed by atoms with van der Waals surface area (Å²) in [7, 11) is -1.41. The molecule has 3 nitrogen and oxygen atoms in total. The number of benzene rings is 2. The van der Waals surface area contributed by atoms with Gasteiger partial charge >= 0.3 is 7.12 Å². The molecule has 1 aliphatic rings. The van der Waals surface area contributed by atoms with Crippen LogP contribution in [0.3, 0.4) is 0 Å². The molecule has 0 fully saturated rings. The molecule has 102 valence electrons. The monoisotopic (exact) mass is 268 g/mol. The zero-order chi connectivity index (χ0) is 13.9. The number of fused-ring (bicyclic) bond motifs is 1. The average molecular weight is 268 g/mol. The fourth-order valence-corrected chi connectivity index (χ4v) is 2.67. The molecule has 4 heteroatoms. The van der Waals surface area contributed by atoms with Gasteiger partial charge in [-0.1, -0.05) is 48.5 Å². The molecule has 2 aromatic carbocycles. The summed E-state index contributed by atoms with van der Waals surface area (Å²) in [5.74, 6) is 0. The van der Waals surface area contributed by atoms with Crippen LogP contribution in [-0.4, -0.2) is 17.2 Å². The van der Waals surface area contributed by atoms with Crippen molar-refractivity contribution in [2.75, 3.05) is 0 Å². The van der Waals surface area contributed by atoms with Crippen molar-refractivity contribution >= 4 is 12.6 Å². The van der Waals surface area contributed by atoms with E-state index in [2.05, 4.69) is 24.3 Å². The third kappa shape index (κ3) is 2.77. The average Bonchev–Trinajstić information content (AvgIpc) is 2.89. The molecule has 1 unspecified atom stereocenters. The van der Waals surface area contributed by atoms with Gasteiger partial charge in [0.1, 0.15) is 0 Å². The second kappa shape index (κ2) is 5.79. The van der Waals surface area contributed by atoms with Crippen LogP contribution in [0.1, 0.15) is 29.2 Å². The lowest BCUT2D eigenvalue weighted by atomic mass is 9.80. The Bertz CT molecular complexity index is 581. The fourth-order valence-electron chi connectivity index (χ4n) is 2.67. The molecule has 0 aromatic heterocycles. The molecule has 0 saturated heterocycles. The first-order valence-corrected chi connectivity index (χ1v) is 6.88. The molecule has 1 atom stereocenters. The molecule has 1 aliphatic carbocycles. The summed E-state index contributed by atoms with van der Waals surface area (Å²) in [5, 5.41) is 18.1. The summed E-state index contributed by atoms with van der Waals surface area (Å²) < 4.78 is 5.99. The van der Waals surface area contributed by atoms with E-state index in [1.165, 1.54) is 11.1 Å². The van der Waals surface area contributed by atoms with Crippen molar-refractivity contribution in [2.24, 2.45) is 0 Å². The van der Waals surface area contributed by atoms with Crippen LogP contribution >= 0.6 is 0 Å². The maximum absolute atomic E-state index is 9.05. The van der Waals surface area contributed by atoms with Crippen LogP contribution in [0.4, 0.5) is 0 Å². The summed E-state index contributed by atoms with van der Waals surface area (Å²) in [6.45, 7) is 0.542. The van der Waals surface area contributed by atoms with Gasteiger partial charge in [0.15, 0.2) is 0 Å². The highest BCUT2D eigenvalue weighted by Gasteiger charge is 2.22. The Hall–Kier alpha value is -1.62. The lowest BCUT2D eigenvalue weighted by Crippen LogP contribution is -2.29. The maximum Gasteiger partial charge on any atom is 0.488 e. The summed E-state index contributed by atoms with van der Waals surface area (Å²) in [6, 6.07) is 15.6. The number of hydrogen-bond donors (Lipinski definition) is 2. The summed E-state index contributed by atoms with van der Waals surface area (Å²) in [5.41, 5.74) is 4.23. The molecule has 0 spiro atoms. The SMILES string of the molecule is OB(O)c1ccc(COC2CCc3ccccc32)cc1. The summed E-state index contributed by atoms with van der Waals surface area (Å²) in [6.07, 6.45) is 2.29. The van der Waals surface area contributed by atoms with Crippen molar-refractivity contribution in [3.63, 3.8) is 0 Å². The highest BCUT2D eigenvalue weighted by Crippen LogP contribution is 2.34. The van der Waals surface area contributed by atoms with E-state index in [0.717, 1.165) is 18.4 Å². The zero-order valence-electron chi connectivity index (χ0n) is 11.2. The zero-order valence-corrected chi connectivity index (χ0v) is 11.2. The van der Waals surface area contributed by atoms with E-state index >= 15 is 0 Å². The van der Waals surface area contributed by atoms with E-state index < -0.39 is 7.12 Å². The van der Waals surface area contributed by atoms with Crippen molar-refractivity contribution in [3.05, 3.63) is 65.2 Å². The molecular formula is C16H17BO3. The van der Waals surface area contributed by atoms with Crippen molar-refractivity contribution < 1.29 is 14.8 Å². The van der Waals surface area contributed by atoms with Gasteiger partial charge in [-0.25, -0.2) is 0 Å². The largest absolute Gasteiger partial charge is 0.488 e. The second-order valence-electron chi connectivity index (χ2n) is 5.15. The van der Waals surface area contributed by atoms with Crippen LogP contribution in [0.2, 0.25) is 0 Å². The van der Waals surface area contributed by atoms with Crippen LogP contribution in [0, 0.1) is 0 Å². The molecule has 0 aliphatic heterocycles. The van der Waals surface area contributed by atoms with Crippen LogP contribution in [-0.2, 0) is 17.8 Å². The lowest BCUT2D eigenvalue weighted by molar-refractivity contribution is 0.0411. The number of rotatable bonds is 4. The molecule has 0 heterocycles. The Kier molecular flexibility index (Phi) is 3.87. The minimum Gasteiger partial charge on any atom is -0.423 e. The molecule has 2 N–H and O–H groups in total. The van der Waals surface area contributed by atoms with Crippen molar-refractivity contribution in [3.8, 4) is 0 Å². The molecule has 3 rings (SSSR count). The van der Waals surface area contributed by atoms with Gasteiger partial charge in [0, 0.05) is 0 Å². The Labute approximate surface area is 119 Å². The van der Waals surface area contributed by atoms with E-state index in [0.29, 0.717) is 12.1 Å². The maximum atomic E-state index is 9.05. The highest BCUT2D eigenvalue weighted by atomic mass is 16.5. The summed E-state index contributed by atoms with van der Waals surface area (Å²) in [4.78, 5) is 0. The van der Waals surface area contributed by atoms with Gasteiger partial charge in [0.25, 0.3) is 0 Å². The van der Waals surface area contributed by atoms with Crippen LogP contribution < -0.4 is 5.46 Å². The van der Waals surface area contributed by atoms with Gasteiger partial charge in [0.2, 0.25) is 0 Å². The second-order valence-corrected chi connectivity index (χ2v) is 5.15. The topological polar surface area (TPSA) is 49.7 Å². The molecule has 0 saturated carbocycles. The molecule has 2 aromatic rings. The first kappa shape index (κ1) is 13.4. The van der Waals surface area contributed by atoms with Crippen LogP contribution in [0.15, 0.2) is 48.5 Å². The molecule has 20 heavy (non-hydrogen) atoms. The van der Waals surface area contributed by atoms with E-state index in [9.17, 15) is 0 Å². The van der Waals surface area contributed by atoms with Crippen LogP contribution in [0.25, 0.3) is 0 Å². The van der Waals surface area contributed by atoms with E-state index in [1.807, 2.05) is 12.1 Å². The fraction of sp³-hybridized carbons (Fsp3) is 0.250. The van der Waals surface area contributed by atoms with Crippen molar-refractivity contribution in [1.82, 2.24) is 0 Å². The number of ether oxygens (including phenoxy) is 1.